The maximum absolute atomic E-state index is 13.6. The van der Waals surface area contributed by atoms with E-state index < -0.39 is 5.82 Å². The van der Waals surface area contributed by atoms with Crippen LogP contribution >= 0.6 is 0 Å². The Hall–Kier alpha value is -1.98. The normalized spacial score (nSPS) is 10.1. The molecule has 0 fully saturated rings. The third kappa shape index (κ3) is 4.01. The van der Waals surface area contributed by atoms with E-state index in [1.165, 1.54) is 12.1 Å². The third-order valence-electron chi connectivity index (χ3n) is 2.61. The third-order valence-corrected chi connectivity index (χ3v) is 2.61. The van der Waals surface area contributed by atoms with Gasteiger partial charge in [0.2, 0.25) is 5.91 Å². The van der Waals surface area contributed by atoms with Crippen molar-refractivity contribution in [1.82, 2.24) is 5.32 Å². The van der Waals surface area contributed by atoms with E-state index in [0.29, 0.717) is 12.3 Å². The van der Waals surface area contributed by atoms with Crippen molar-refractivity contribution in [3.8, 4) is 5.75 Å². The van der Waals surface area contributed by atoms with Crippen LogP contribution in [0.15, 0.2) is 12.1 Å². The molecule has 0 saturated heterocycles. The highest BCUT2D eigenvalue weighted by Crippen LogP contribution is 2.30. The van der Waals surface area contributed by atoms with Crippen LogP contribution < -0.4 is 20.7 Å². The van der Waals surface area contributed by atoms with Gasteiger partial charge in [-0.15, -0.1) is 0 Å². The van der Waals surface area contributed by atoms with Gasteiger partial charge in [-0.25, -0.2) is 4.39 Å². The Morgan fingerprint density at radius 2 is 2.21 bits per heavy atom. The number of carbonyl (C=O) groups excluding carboxylic acids is 1. The van der Waals surface area contributed by atoms with Crippen molar-refractivity contribution >= 4 is 17.3 Å². The molecule has 0 spiro atoms. The molecule has 1 amide bonds. The summed E-state index contributed by atoms with van der Waals surface area (Å²) in [5, 5.41) is 2.52. The van der Waals surface area contributed by atoms with Crippen LogP contribution in [0.5, 0.6) is 5.75 Å². The van der Waals surface area contributed by atoms with Crippen LogP contribution in [-0.4, -0.2) is 33.2 Å². The molecule has 1 aromatic rings. The standard InChI is InChI=1S/C13H20FN3O2/c1-4-5-19-12-7-11(10(15)6-9(12)14)17(3)8-13(18)16-2/h6-7H,4-5,8,15H2,1-3H3,(H,16,18). The van der Waals surface area contributed by atoms with Gasteiger partial charge in [-0.1, -0.05) is 6.92 Å². The van der Waals surface area contributed by atoms with Crippen molar-refractivity contribution in [3.63, 3.8) is 0 Å². The Kier molecular flexibility index (Phi) is 5.41. The van der Waals surface area contributed by atoms with Gasteiger partial charge in [0, 0.05) is 26.2 Å². The summed E-state index contributed by atoms with van der Waals surface area (Å²) in [4.78, 5) is 13.0. The van der Waals surface area contributed by atoms with Gasteiger partial charge in [0.15, 0.2) is 11.6 Å². The number of nitrogens with one attached hydrogen (secondary N) is 1. The molecule has 106 valence electrons. The molecule has 5 nitrogen and oxygen atoms in total. The molecule has 0 aliphatic heterocycles. The van der Waals surface area contributed by atoms with Gasteiger partial charge in [0.25, 0.3) is 0 Å². The molecule has 3 N–H and O–H groups in total. The van der Waals surface area contributed by atoms with Crippen LogP contribution in [0.25, 0.3) is 0 Å². The molecule has 0 atom stereocenters. The molecular formula is C13H20FN3O2. The lowest BCUT2D eigenvalue weighted by atomic mass is 10.2. The van der Waals surface area contributed by atoms with Crippen molar-refractivity contribution in [2.75, 3.05) is 37.9 Å². The fourth-order valence-corrected chi connectivity index (χ4v) is 1.59. The average Bonchev–Trinajstić information content (AvgIpc) is 2.37. The van der Waals surface area contributed by atoms with Gasteiger partial charge in [-0.2, -0.15) is 0 Å². The van der Waals surface area contributed by atoms with Crippen LogP contribution in [-0.2, 0) is 4.79 Å². The first-order valence-corrected chi connectivity index (χ1v) is 6.13. The molecule has 0 aliphatic carbocycles. The number of carbonyl (C=O) groups is 1. The number of benzene rings is 1. The van der Waals surface area contributed by atoms with Crippen LogP contribution in [0.4, 0.5) is 15.8 Å². The Balaban J connectivity index is 2.96. The number of halogens is 1. The van der Waals surface area contributed by atoms with Gasteiger partial charge in [-0.3, -0.25) is 4.79 Å². The molecule has 1 aromatic carbocycles. The first-order chi connectivity index (χ1) is 8.99. The SMILES string of the molecule is CCCOc1cc(N(C)CC(=O)NC)c(N)cc1F. The van der Waals surface area contributed by atoms with Crippen molar-refractivity contribution in [2.24, 2.45) is 0 Å². The number of nitrogens with zero attached hydrogens (tertiary/aromatic N) is 1. The lowest BCUT2D eigenvalue weighted by Gasteiger charge is -2.21. The summed E-state index contributed by atoms with van der Waals surface area (Å²) in [7, 11) is 3.27. The van der Waals surface area contributed by atoms with E-state index in [0.717, 1.165) is 6.42 Å². The number of likely N-dealkylation sites (N-methyl/N-ethyl adjacent to an activating group) is 2. The van der Waals surface area contributed by atoms with Crippen molar-refractivity contribution in [3.05, 3.63) is 17.9 Å². The molecule has 0 aromatic heterocycles. The summed E-state index contributed by atoms with van der Waals surface area (Å²) >= 11 is 0. The van der Waals surface area contributed by atoms with E-state index in [-0.39, 0.29) is 23.9 Å². The number of anilines is 2. The van der Waals surface area contributed by atoms with Gasteiger partial charge < -0.3 is 20.7 Å². The molecule has 0 saturated carbocycles. The summed E-state index contributed by atoms with van der Waals surface area (Å²) in [6, 6.07) is 2.73. The first-order valence-electron chi connectivity index (χ1n) is 6.13. The molecule has 0 unspecified atom stereocenters. The van der Waals surface area contributed by atoms with E-state index in [2.05, 4.69) is 5.32 Å². The smallest absolute Gasteiger partial charge is 0.239 e. The summed E-state index contributed by atoms with van der Waals surface area (Å²) in [6.45, 7) is 2.51. The average molecular weight is 269 g/mol. The second-order valence-electron chi connectivity index (χ2n) is 4.22. The first kappa shape index (κ1) is 15.1. The number of nitrogens with two attached hydrogens (primary N) is 1. The second kappa shape index (κ2) is 6.82. The van der Waals surface area contributed by atoms with E-state index in [4.69, 9.17) is 10.5 Å². The number of hydrogen-bond acceptors (Lipinski definition) is 4. The maximum atomic E-state index is 13.6. The molecule has 0 heterocycles. The Morgan fingerprint density at radius 3 is 2.79 bits per heavy atom. The predicted octanol–water partition coefficient (Wildman–Crippen LogP) is 1.38. The molecule has 19 heavy (non-hydrogen) atoms. The van der Waals surface area contributed by atoms with Crippen molar-refractivity contribution in [1.29, 1.82) is 0 Å². The van der Waals surface area contributed by atoms with Gasteiger partial charge in [0.1, 0.15) is 0 Å². The van der Waals surface area contributed by atoms with Crippen LogP contribution in [0.3, 0.4) is 0 Å². The largest absolute Gasteiger partial charge is 0.490 e. The number of ether oxygens (including phenoxy) is 1. The topological polar surface area (TPSA) is 67.6 Å². The van der Waals surface area contributed by atoms with Crippen LogP contribution in [0.2, 0.25) is 0 Å². The lowest BCUT2D eigenvalue weighted by molar-refractivity contribution is -0.119. The fourth-order valence-electron chi connectivity index (χ4n) is 1.59. The van der Waals surface area contributed by atoms with Crippen molar-refractivity contribution in [2.45, 2.75) is 13.3 Å². The minimum atomic E-state index is -0.497. The predicted molar refractivity (Wildman–Crippen MR) is 73.9 cm³/mol. The maximum Gasteiger partial charge on any atom is 0.239 e. The summed E-state index contributed by atoms with van der Waals surface area (Å²) < 4.78 is 18.9. The van der Waals surface area contributed by atoms with Crippen LogP contribution in [0, 0.1) is 5.82 Å². The molecular weight excluding hydrogens is 249 g/mol. The van der Waals surface area contributed by atoms with Crippen LogP contribution in [0.1, 0.15) is 13.3 Å². The summed E-state index contributed by atoms with van der Waals surface area (Å²) in [5.41, 5.74) is 6.60. The fraction of sp³-hybridized carbons (Fsp3) is 0.462. The zero-order valence-electron chi connectivity index (χ0n) is 11.5. The second-order valence-corrected chi connectivity index (χ2v) is 4.22. The lowest BCUT2D eigenvalue weighted by Crippen LogP contribution is -2.33. The van der Waals surface area contributed by atoms with Gasteiger partial charge in [-0.05, 0) is 6.42 Å². The van der Waals surface area contributed by atoms with E-state index in [1.54, 1.807) is 19.0 Å². The number of rotatable bonds is 6. The number of hydrogen-bond donors (Lipinski definition) is 2. The van der Waals surface area contributed by atoms with Crippen molar-refractivity contribution < 1.29 is 13.9 Å². The molecule has 0 radical (unpaired) electrons. The number of nitrogen functional groups attached to an aromatic ring is 1. The quantitative estimate of drug-likeness (QED) is 0.766. The number of amides is 1. The highest BCUT2D eigenvalue weighted by Gasteiger charge is 2.14. The molecule has 6 heteroatoms. The Labute approximate surface area is 112 Å². The zero-order chi connectivity index (χ0) is 14.4. The Bertz CT molecular complexity index is 452. The molecule has 0 aliphatic rings. The van der Waals surface area contributed by atoms with Gasteiger partial charge in [0.05, 0.1) is 24.5 Å². The summed E-state index contributed by atoms with van der Waals surface area (Å²) in [6.07, 6.45) is 0.785. The minimum absolute atomic E-state index is 0.138. The highest BCUT2D eigenvalue weighted by molar-refractivity contribution is 5.83. The van der Waals surface area contributed by atoms with E-state index in [9.17, 15) is 9.18 Å². The highest BCUT2D eigenvalue weighted by atomic mass is 19.1. The monoisotopic (exact) mass is 269 g/mol. The molecule has 0 bridgehead atoms. The summed E-state index contributed by atoms with van der Waals surface area (Å²) in [5.74, 6) is -0.500. The zero-order valence-corrected chi connectivity index (χ0v) is 11.5. The van der Waals surface area contributed by atoms with Gasteiger partial charge >= 0.3 is 0 Å². The van der Waals surface area contributed by atoms with E-state index in [1.807, 2.05) is 6.92 Å². The molecule has 1 rings (SSSR count). The minimum Gasteiger partial charge on any atom is -0.490 e. The Morgan fingerprint density at radius 1 is 1.53 bits per heavy atom. The van der Waals surface area contributed by atoms with E-state index >= 15 is 0 Å².